The maximum Gasteiger partial charge on any atom is 0.224 e. The summed E-state index contributed by atoms with van der Waals surface area (Å²) in [7, 11) is 0. The fraction of sp³-hybridized carbons (Fsp3) is 0.857. The highest BCUT2D eigenvalue weighted by molar-refractivity contribution is 5.77. The van der Waals surface area contributed by atoms with E-state index in [0.717, 1.165) is 32.5 Å². The lowest BCUT2D eigenvalue weighted by Gasteiger charge is -2.33. The number of nitrogens with two attached hydrogens (primary N) is 1. The van der Waals surface area contributed by atoms with Crippen LogP contribution in [0.1, 0.15) is 40.0 Å². The summed E-state index contributed by atoms with van der Waals surface area (Å²) in [5.74, 6) is 1.01. The quantitative estimate of drug-likeness (QED) is 0.773. The van der Waals surface area contributed by atoms with Crippen LogP contribution in [-0.2, 0) is 9.59 Å². The summed E-state index contributed by atoms with van der Waals surface area (Å²) in [6.45, 7) is 7.91. The number of rotatable bonds is 5. The van der Waals surface area contributed by atoms with Gasteiger partial charge in [-0.15, -0.1) is 0 Å². The summed E-state index contributed by atoms with van der Waals surface area (Å²) in [4.78, 5) is 24.8. The Hall–Kier alpha value is -1.10. The third kappa shape index (κ3) is 5.59. The highest BCUT2D eigenvalue weighted by atomic mass is 16.2. The van der Waals surface area contributed by atoms with Gasteiger partial charge in [0.15, 0.2) is 0 Å². The van der Waals surface area contributed by atoms with Crippen LogP contribution in [0.5, 0.6) is 0 Å². The smallest absolute Gasteiger partial charge is 0.224 e. The predicted octanol–water partition coefficient (Wildman–Crippen LogP) is 0.735. The van der Waals surface area contributed by atoms with Crippen LogP contribution in [0.15, 0.2) is 0 Å². The zero-order valence-electron chi connectivity index (χ0n) is 12.3. The third-order valence-corrected chi connectivity index (χ3v) is 3.87. The first-order valence-electron chi connectivity index (χ1n) is 7.18. The number of piperidine rings is 1. The van der Waals surface area contributed by atoms with Crippen molar-refractivity contribution in [3.8, 4) is 0 Å². The second kappa shape index (κ2) is 7.48. The first-order valence-corrected chi connectivity index (χ1v) is 7.18. The van der Waals surface area contributed by atoms with Gasteiger partial charge in [0.25, 0.3) is 0 Å². The topological polar surface area (TPSA) is 75.4 Å². The average Bonchev–Trinajstić information content (AvgIpc) is 2.36. The van der Waals surface area contributed by atoms with E-state index < -0.39 is 0 Å². The van der Waals surface area contributed by atoms with Crippen molar-refractivity contribution in [1.82, 2.24) is 10.2 Å². The molecular weight excluding hydrogens is 242 g/mol. The van der Waals surface area contributed by atoms with Crippen LogP contribution in [0, 0.1) is 11.8 Å². The molecule has 5 nitrogen and oxygen atoms in total. The second-order valence-electron chi connectivity index (χ2n) is 5.87. The number of carbonyl (C=O) groups is 2. The normalized spacial score (nSPS) is 18.5. The van der Waals surface area contributed by atoms with Crippen molar-refractivity contribution in [1.29, 1.82) is 0 Å². The molecule has 1 aliphatic heterocycles. The molecule has 1 saturated heterocycles. The monoisotopic (exact) mass is 269 g/mol. The molecule has 3 N–H and O–H groups in total. The number of hydrogen-bond donors (Lipinski definition) is 2. The zero-order chi connectivity index (χ0) is 14.4. The number of nitrogens with zero attached hydrogens (tertiary/aromatic N) is 1. The average molecular weight is 269 g/mol. The molecule has 0 spiro atoms. The first kappa shape index (κ1) is 16.0. The van der Waals surface area contributed by atoms with Gasteiger partial charge in [-0.05, 0) is 24.7 Å². The lowest BCUT2D eigenvalue weighted by molar-refractivity contribution is -0.133. The van der Waals surface area contributed by atoms with Gasteiger partial charge in [-0.3, -0.25) is 9.59 Å². The fourth-order valence-electron chi connectivity index (χ4n) is 2.24. The maximum atomic E-state index is 12.1. The van der Waals surface area contributed by atoms with Crippen LogP contribution in [0.25, 0.3) is 0 Å². The summed E-state index contributed by atoms with van der Waals surface area (Å²) < 4.78 is 0. The Morgan fingerprint density at radius 1 is 1.32 bits per heavy atom. The van der Waals surface area contributed by atoms with E-state index in [1.165, 1.54) is 6.92 Å². The summed E-state index contributed by atoms with van der Waals surface area (Å²) in [5.41, 5.74) is 5.94. The van der Waals surface area contributed by atoms with Gasteiger partial charge in [-0.2, -0.15) is 0 Å². The van der Waals surface area contributed by atoms with E-state index in [9.17, 15) is 9.59 Å². The molecule has 2 amide bonds. The standard InChI is InChI=1S/C14H27N3O2/c1-10(2)13(15)8-14(19)17-6-4-12(5-7-17)9-16-11(3)18/h10,12-13H,4-9,15H2,1-3H3,(H,16,18). The Bertz CT molecular complexity index is 310. The minimum absolute atomic E-state index is 0.0152. The molecular formula is C14H27N3O2. The summed E-state index contributed by atoms with van der Waals surface area (Å²) >= 11 is 0. The van der Waals surface area contributed by atoms with Gasteiger partial charge in [0.1, 0.15) is 0 Å². The molecule has 1 aliphatic rings. The highest BCUT2D eigenvalue weighted by Crippen LogP contribution is 2.18. The van der Waals surface area contributed by atoms with E-state index in [-0.39, 0.29) is 17.9 Å². The van der Waals surface area contributed by atoms with Crippen molar-refractivity contribution in [3.63, 3.8) is 0 Å². The molecule has 1 unspecified atom stereocenters. The largest absolute Gasteiger partial charge is 0.356 e. The van der Waals surface area contributed by atoms with Crippen molar-refractivity contribution in [2.75, 3.05) is 19.6 Å². The number of hydrogen-bond acceptors (Lipinski definition) is 3. The van der Waals surface area contributed by atoms with Crippen LogP contribution >= 0.6 is 0 Å². The number of carbonyl (C=O) groups excluding carboxylic acids is 2. The molecule has 0 aromatic heterocycles. The Morgan fingerprint density at radius 3 is 2.37 bits per heavy atom. The summed E-state index contributed by atoms with van der Waals surface area (Å²) in [6.07, 6.45) is 2.36. The van der Waals surface area contributed by atoms with E-state index in [0.29, 0.717) is 18.3 Å². The fourth-order valence-corrected chi connectivity index (χ4v) is 2.24. The molecule has 0 bridgehead atoms. The molecule has 19 heavy (non-hydrogen) atoms. The highest BCUT2D eigenvalue weighted by Gasteiger charge is 2.24. The van der Waals surface area contributed by atoms with Crippen molar-refractivity contribution in [2.45, 2.75) is 46.1 Å². The molecule has 1 rings (SSSR count). The number of nitrogens with one attached hydrogen (secondary N) is 1. The zero-order valence-corrected chi connectivity index (χ0v) is 12.3. The molecule has 0 radical (unpaired) electrons. The van der Waals surface area contributed by atoms with Gasteiger partial charge in [0.05, 0.1) is 0 Å². The SMILES string of the molecule is CC(=O)NCC1CCN(C(=O)CC(N)C(C)C)CC1. The number of amides is 2. The number of likely N-dealkylation sites (tertiary alicyclic amines) is 1. The Balaban J connectivity index is 2.29. The van der Waals surface area contributed by atoms with E-state index in [4.69, 9.17) is 5.73 Å². The summed E-state index contributed by atoms with van der Waals surface area (Å²) in [6, 6.07) is -0.0513. The van der Waals surface area contributed by atoms with E-state index in [1.54, 1.807) is 0 Å². The van der Waals surface area contributed by atoms with Crippen molar-refractivity contribution in [3.05, 3.63) is 0 Å². The Kier molecular flexibility index (Phi) is 6.28. The molecule has 0 aromatic rings. The molecule has 1 atom stereocenters. The predicted molar refractivity (Wildman–Crippen MR) is 75.4 cm³/mol. The molecule has 1 heterocycles. The van der Waals surface area contributed by atoms with Gasteiger partial charge in [-0.1, -0.05) is 13.8 Å². The van der Waals surface area contributed by atoms with Crippen LogP contribution in [0.2, 0.25) is 0 Å². The molecule has 110 valence electrons. The molecule has 0 saturated carbocycles. The first-order chi connectivity index (χ1) is 8.90. The maximum absolute atomic E-state index is 12.1. The minimum atomic E-state index is -0.0513. The third-order valence-electron chi connectivity index (χ3n) is 3.87. The Labute approximate surface area is 115 Å². The lowest BCUT2D eigenvalue weighted by Crippen LogP contribution is -2.43. The molecule has 0 aliphatic carbocycles. The van der Waals surface area contributed by atoms with Gasteiger partial charge < -0.3 is 16.0 Å². The molecule has 1 fully saturated rings. The van der Waals surface area contributed by atoms with Gasteiger partial charge >= 0.3 is 0 Å². The molecule has 5 heteroatoms. The van der Waals surface area contributed by atoms with Gasteiger partial charge in [0, 0.05) is 39.0 Å². The van der Waals surface area contributed by atoms with Crippen molar-refractivity contribution >= 4 is 11.8 Å². The van der Waals surface area contributed by atoms with E-state index >= 15 is 0 Å². The van der Waals surface area contributed by atoms with Crippen molar-refractivity contribution in [2.24, 2.45) is 17.6 Å². The van der Waals surface area contributed by atoms with E-state index in [2.05, 4.69) is 5.32 Å². The van der Waals surface area contributed by atoms with E-state index in [1.807, 2.05) is 18.7 Å². The van der Waals surface area contributed by atoms with Crippen LogP contribution in [-0.4, -0.2) is 42.4 Å². The van der Waals surface area contributed by atoms with Crippen LogP contribution < -0.4 is 11.1 Å². The van der Waals surface area contributed by atoms with Crippen molar-refractivity contribution < 1.29 is 9.59 Å². The Morgan fingerprint density at radius 2 is 1.89 bits per heavy atom. The second-order valence-corrected chi connectivity index (χ2v) is 5.87. The summed E-state index contributed by atoms with van der Waals surface area (Å²) in [5, 5.41) is 2.84. The van der Waals surface area contributed by atoms with Gasteiger partial charge in [-0.25, -0.2) is 0 Å². The molecule has 0 aromatic carbocycles. The van der Waals surface area contributed by atoms with Crippen LogP contribution in [0.3, 0.4) is 0 Å². The lowest BCUT2D eigenvalue weighted by atomic mass is 9.95. The van der Waals surface area contributed by atoms with Crippen LogP contribution in [0.4, 0.5) is 0 Å². The minimum Gasteiger partial charge on any atom is -0.356 e. The van der Waals surface area contributed by atoms with Gasteiger partial charge in [0.2, 0.25) is 11.8 Å².